The van der Waals surface area contributed by atoms with Gasteiger partial charge in [-0.25, -0.2) is 9.78 Å². The highest BCUT2D eigenvalue weighted by atomic mass is 16.5. The van der Waals surface area contributed by atoms with E-state index in [-0.39, 0.29) is 12.6 Å². The van der Waals surface area contributed by atoms with Crippen LogP contribution < -0.4 is 4.90 Å². The summed E-state index contributed by atoms with van der Waals surface area (Å²) < 4.78 is 4.67. The van der Waals surface area contributed by atoms with Crippen LogP contribution >= 0.6 is 0 Å². The number of aliphatic hydroxyl groups excluding tert-OH is 1. The molecule has 0 aliphatic carbocycles. The van der Waals surface area contributed by atoms with Crippen molar-refractivity contribution in [2.45, 2.75) is 6.42 Å². The number of esters is 1. The second-order valence-electron chi connectivity index (χ2n) is 4.18. The number of ether oxygens (including phenoxy) is 1. The predicted octanol–water partition coefficient (Wildman–Crippen LogP) is 0.687. The van der Waals surface area contributed by atoms with Gasteiger partial charge >= 0.3 is 5.97 Å². The zero-order valence-electron chi connectivity index (χ0n) is 9.80. The van der Waals surface area contributed by atoms with E-state index in [9.17, 15) is 4.79 Å². The number of hydrogen-bond acceptors (Lipinski definition) is 5. The van der Waals surface area contributed by atoms with Gasteiger partial charge in [0.15, 0.2) is 0 Å². The third kappa shape index (κ3) is 2.55. The molecule has 0 amide bonds. The Kier molecular flexibility index (Phi) is 3.58. The van der Waals surface area contributed by atoms with Crippen molar-refractivity contribution < 1.29 is 14.6 Å². The minimum absolute atomic E-state index is 0.202. The largest absolute Gasteiger partial charge is 0.465 e. The molecule has 1 aliphatic heterocycles. The molecule has 1 unspecified atom stereocenters. The summed E-state index contributed by atoms with van der Waals surface area (Å²) in [6.45, 7) is 1.85. The third-order valence-corrected chi connectivity index (χ3v) is 3.03. The summed E-state index contributed by atoms with van der Waals surface area (Å²) in [4.78, 5) is 17.7. The van der Waals surface area contributed by atoms with E-state index in [0.29, 0.717) is 11.5 Å². The van der Waals surface area contributed by atoms with Crippen LogP contribution in [0.2, 0.25) is 0 Å². The van der Waals surface area contributed by atoms with E-state index in [0.717, 1.165) is 25.3 Å². The maximum absolute atomic E-state index is 11.4. The van der Waals surface area contributed by atoms with Gasteiger partial charge in [-0.15, -0.1) is 0 Å². The molecule has 92 valence electrons. The van der Waals surface area contributed by atoms with Crippen molar-refractivity contribution in [2.75, 3.05) is 31.7 Å². The highest BCUT2D eigenvalue weighted by molar-refractivity contribution is 5.90. The summed E-state index contributed by atoms with van der Waals surface area (Å²) in [5.74, 6) is 0.717. The average Bonchev–Trinajstić information content (AvgIpc) is 2.86. The first-order valence-electron chi connectivity index (χ1n) is 5.64. The fraction of sp³-hybridized carbons (Fsp3) is 0.500. The molecular weight excluding hydrogens is 220 g/mol. The molecule has 0 bridgehead atoms. The Bertz CT molecular complexity index is 408. The second kappa shape index (κ2) is 5.14. The molecule has 1 N–H and O–H groups in total. The van der Waals surface area contributed by atoms with E-state index in [1.54, 1.807) is 18.3 Å². The number of nitrogens with zero attached hydrogens (tertiary/aromatic N) is 2. The van der Waals surface area contributed by atoms with Crippen molar-refractivity contribution in [1.29, 1.82) is 0 Å². The molecule has 0 spiro atoms. The van der Waals surface area contributed by atoms with Crippen LogP contribution in [0.3, 0.4) is 0 Å². The summed E-state index contributed by atoms with van der Waals surface area (Å²) in [6, 6.07) is 3.36. The van der Waals surface area contributed by atoms with Crippen LogP contribution in [0.15, 0.2) is 18.3 Å². The van der Waals surface area contributed by atoms with Crippen LogP contribution in [0.1, 0.15) is 16.8 Å². The molecule has 1 aromatic heterocycles. The smallest absolute Gasteiger partial charge is 0.338 e. The predicted molar refractivity (Wildman–Crippen MR) is 63.0 cm³/mol. The summed E-state index contributed by atoms with van der Waals surface area (Å²) in [7, 11) is 1.36. The van der Waals surface area contributed by atoms with Crippen LogP contribution in [0, 0.1) is 5.92 Å². The molecule has 1 fully saturated rings. The number of carbonyl (C=O) groups excluding carboxylic acids is 1. The quantitative estimate of drug-likeness (QED) is 0.782. The van der Waals surface area contributed by atoms with E-state index in [1.807, 2.05) is 0 Å². The Morgan fingerprint density at radius 1 is 1.71 bits per heavy atom. The van der Waals surface area contributed by atoms with E-state index in [1.165, 1.54) is 7.11 Å². The van der Waals surface area contributed by atoms with Crippen LogP contribution in [0.4, 0.5) is 5.82 Å². The van der Waals surface area contributed by atoms with Gasteiger partial charge in [-0.3, -0.25) is 0 Å². The molecule has 2 rings (SSSR count). The molecule has 1 aliphatic rings. The van der Waals surface area contributed by atoms with Gasteiger partial charge in [-0.05, 0) is 18.6 Å². The van der Waals surface area contributed by atoms with Crippen LogP contribution in [0.25, 0.3) is 0 Å². The van der Waals surface area contributed by atoms with Crippen LogP contribution in [-0.2, 0) is 4.74 Å². The molecule has 1 aromatic rings. The lowest BCUT2D eigenvalue weighted by Gasteiger charge is -2.17. The molecule has 0 radical (unpaired) electrons. The van der Waals surface area contributed by atoms with Gasteiger partial charge in [0.25, 0.3) is 0 Å². The van der Waals surface area contributed by atoms with Gasteiger partial charge in [-0.1, -0.05) is 0 Å². The average molecular weight is 236 g/mol. The lowest BCUT2D eigenvalue weighted by molar-refractivity contribution is 0.0600. The number of rotatable bonds is 3. The van der Waals surface area contributed by atoms with E-state index in [2.05, 4.69) is 14.6 Å². The minimum atomic E-state index is -0.355. The number of aliphatic hydroxyl groups is 1. The number of methoxy groups -OCH3 is 1. The van der Waals surface area contributed by atoms with E-state index >= 15 is 0 Å². The Balaban J connectivity index is 2.14. The maximum atomic E-state index is 11.4. The Morgan fingerprint density at radius 2 is 2.53 bits per heavy atom. The van der Waals surface area contributed by atoms with Crippen molar-refractivity contribution in [3.63, 3.8) is 0 Å². The number of hydrogen-bond donors (Lipinski definition) is 1. The van der Waals surface area contributed by atoms with Crippen molar-refractivity contribution in [2.24, 2.45) is 5.92 Å². The SMILES string of the molecule is COC(=O)c1ccnc(N2CCC(CO)C2)c1. The van der Waals surface area contributed by atoms with Gasteiger partial charge < -0.3 is 14.7 Å². The molecule has 1 saturated heterocycles. The number of pyridine rings is 1. The van der Waals surface area contributed by atoms with E-state index < -0.39 is 0 Å². The number of anilines is 1. The van der Waals surface area contributed by atoms with Gasteiger partial charge in [0.1, 0.15) is 5.82 Å². The first-order chi connectivity index (χ1) is 8.24. The highest BCUT2D eigenvalue weighted by Crippen LogP contribution is 2.22. The highest BCUT2D eigenvalue weighted by Gasteiger charge is 2.23. The Morgan fingerprint density at radius 3 is 3.18 bits per heavy atom. The van der Waals surface area contributed by atoms with Gasteiger partial charge in [0.05, 0.1) is 12.7 Å². The summed E-state index contributed by atoms with van der Waals surface area (Å²) in [6.07, 6.45) is 2.56. The molecule has 5 heteroatoms. The Hall–Kier alpha value is -1.62. The molecule has 1 atom stereocenters. The van der Waals surface area contributed by atoms with Crippen molar-refractivity contribution in [1.82, 2.24) is 4.98 Å². The fourth-order valence-corrected chi connectivity index (χ4v) is 2.03. The fourth-order valence-electron chi connectivity index (χ4n) is 2.03. The number of aromatic nitrogens is 1. The molecule has 5 nitrogen and oxygen atoms in total. The lowest BCUT2D eigenvalue weighted by atomic mass is 10.1. The summed E-state index contributed by atoms with van der Waals surface area (Å²) >= 11 is 0. The zero-order valence-corrected chi connectivity index (χ0v) is 9.80. The van der Waals surface area contributed by atoms with Crippen LogP contribution in [0.5, 0.6) is 0 Å². The van der Waals surface area contributed by atoms with E-state index in [4.69, 9.17) is 5.11 Å². The van der Waals surface area contributed by atoms with Crippen molar-refractivity contribution in [3.8, 4) is 0 Å². The minimum Gasteiger partial charge on any atom is -0.465 e. The van der Waals surface area contributed by atoms with Crippen molar-refractivity contribution in [3.05, 3.63) is 23.9 Å². The molecule has 0 saturated carbocycles. The van der Waals surface area contributed by atoms with Gasteiger partial charge in [0.2, 0.25) is 0 Å². The zero-order chi connectivity index (χ0) is 12.3. The normalized spacial score (nSPS) is 19.4. The Labute approximate surface area is 100 Å². The maximum Gasteiger partial charge on any atom is 0.338 e. The first-order valence-corrected chi connectivity index (χ1v) is 5.64. The van der Waals surface area contributed by atoms with Crippen LogP contribution in [-0.4, -0.2) is 42.9 Å². The molecular formula is C12H16N2O3. The van der Waals surface area contributed by atoms with Gasteiger partial charge in [0, 0.05) is 31.8 Å². The first kappa shape index (κ1) is 11.9. The second-order valence-corrected chi connectivity index (χ2v) is 4.18. The van der Waals surface area contributed by atoms with Crippen molar-refractivity contribution >= 4 is 11.8 Å². The molecule has 0 aromatic carbocycles. The summed E-state index contributed by atoms with van der Waals surface area (Å²) in [5.41, 5.74) is 0.505. The van der Waals surface area contributed by atoms with Gasteiger partial charge in [-0.2, -0.15) is 0 Å². The summed E-state index contributed by atoms with van der Waals surface area (Å²) in [5, 5.41) is 9.09. The molecule has 2 heterocycles. The lowest BCUT2D eigenvalue weighted by Crippen LogP contribution is -2.22. The standard InChI is InChI=1S/C12H16N2O3/c1-17-12(16)10-2-4-13-11(6-10)14-5-3-9(7-14)8-15/h2,4,6,9,15H,3,5,7-8H2,1H3. The monoisotopic (exact) mass is 236 g/mol. The number of carbonyl (C=O) groups is 1. The topological polar surface area (TPSA) is 62.7 Å². The molecule has 17 heavy (non-hydrogen) atoms. The third-order valence-electron chi connectivity index (χ3n) is 3.03.